The molecule has 5 nitrogen and oxygen atoms in total. The lowest BCUT2D eigenvalue weighted by atomic mass is 10.1. The van der Waals surface area contributed by atoms with Gasteiger partial charge < -0.3 is 4.74 Å². The highest BCUT2D eigenvalue weighted by atomic mass is 32.1. The lowest BCUT2D eigenvalue weighted by Gasteiger charge is -1.99. The van der Waals surface area contributed by atoms with Gasteiger partial charge in [0.15, 0.2) is 0 Å². The topological polar surface area (TPSA) is 75.1 Å². The second-order valence-corrected chi connectivity index (χ2v) is 4.38. The Kier molecular flexibility index (Phi) is 3.62. The molecule has 0 atom stereocenters. The van der Waals surface area contributed by atoms with Crippen LogP contribution in [-0.4, -0.2) is 13.1 Å². The molecule has 2 rings (SSSR count). The van der Waals surface area contributed by atoms with Crippen LogP contribution in [0.5, 0.6) is 0 Å². The summed E-state index contributed by atoms with van der Waals surface area (Å²) in [6, 6.07) is 7.74. The zero-order chi connectivity index (χ0) is 13.0. The van der Waals surface area contributed by atoms with E-state index in [4.69, 9.17) is 5.53 Å². The summed E-state index contributed by atoms with van der Waals surface area (Å²) in [5.74, 6) is -0.654. The summed E-state index contributed by atoms with van der Waals surface area (Å²) in [7, 11) is 1.24. The minimum atomic E-state index is -0.654. The predicted octanol–water partition coefficient (Wildman–Crippen LogP) is 3.73. The second kappa shape index (κ2) is 5.35. The zero-order valence-electron chi connectivity index (χ0n) is 9.53. The summed E-state index contributed by atoms with van der Waals surface area (Å²) in [6.45, 7) is 0. The molecule has 0 unspecified atom stereocenters. The number of carbonyl (C=O) groups is 1. The van der Waals surface area contributed by atoms with Gasteiger partial charge in [0.05, 0.1) is 7.11 Å². The number of ether oxygens (including phenoxy) is 1. The maximum atomic E-state index is 11.4. The number of methoxy groups -OCH3 is 1. The van der Waals surface area contributed by atoms with E-state index in [9.17, 15) is 4.79 Å². The quantitative estimate of drug-likeness (QED) is 0.277. The first-order valence-corrected chi connectivity index (χ1v) is 5.95. The van der Waals surface area contributed by atoms with E-state index in [1.807, 2.05) is 29.6 Å². The smallest absolute Gasteiger partial charge is 0.340 e. The molecule has 6 heteroatoms. The van der Waals surface area contributed by atoms with Crippen molar-refractivity contribution in [2.24, 2.45) is 5.11 Å². The van der Waals surface area contributed by atoms with Crippen LogP contribution in [-0.2, 0) is 9.53 Å². The van der Waals surface area contributed by atoms with Crippen molar-refractivity contribution in [3.63, 3.8) is 0 Å². The van der Waals surface area contributed by atoms with Gasteiger partial charge in [-0.3, -0.25) is 0 Å². The third kappa shape index (κ3) is 2.51. The summed E-state index contributed by atoms with van der Waals surface area (Å²) in [6.07, 6.45) is 1.50. The van der Waals surface area contributed by atoms with Crippen molar-refractivity contribution in [3.05, 3.63) is 51.3 Å². The Morgan fingerprint density at radius 3 is 3.06 bits per heavy atom. The highest BCUT2D eigenvalue weighted by Crippen LogP contribution is 2.23. The fourth-order valence-corrected chi connectivity index (χ4v) is 2.34. The normalized spacial score (nSPS) is 11.1. The molecule has 0 saturated heterocycles. The fraction of sp³-hybridized carbons (Fsp3) is 0.0833. The first kappa shape index (κ1) is 12.2. The minimum Gasteiger partial charge on any atom is -0.466 e. The van der Waals surface area contributed by atoms with Crippen molar-refractivity contribution in [2.75, 3.05) is 7.11 Å². The van der Waals surface area contributed by atoms with Crippen LogP contribution in [0, 0.1) is 0 Å². The molecule has 0 spiro atoms. The van der Waals surface area contributed by atoms with Gasteiger partial charge in [-0.05, 0) is 40.1 Å². The molecule has 0 saturated carbocycles. The Labute approximate surface area is 107 Å². The Morgan fingerprint density at radius 1 is 1.50 bits per heavy atom. The molecule has 0 N–H and O–H groups in total. The molecule has 0 aliphatic heterocycles. The van der Waals surface area contributed by atoms with E-state index in [0.29, 0.717) is 0 Å². The van der Waals surface area contributed by atoms with Gasteiger partial charge >= 0.3 is 5.97 Å². The molecule has 0 aliphatic rings. The molecule has 2 aromatic rings. The Hall–Kier alpha value is -2.30. The van der Waals surface area contributed by atoms with Gasteiger partial charge in [0.25, 0.3) is 0 Å². The SMILES string of the molecule is COC(=O)/C(=C/c1ccc2ccsc2c1)N=[N+]=[N-]. The Balaban J connectivity index is 2.45. The first-order valence-electron chi connectivity index (χ1n) is 5.07. The third-order valence-electron chi connectivity index (χ3n) is 2.33. The highest BCUT2D eigenvalue weighted by molar-refractivity contribution is 7.17. The van der Waals surface area contributed by atoms with Crippen LogP contribution in [0.4, 0.5) is 0 Å². The van der Waals surface area contributed by atoms with Crippen molar-refractivity contribution >= 4 is 33.5 Å². The number of azide groups is 1. The average Bonchev–Trinajstić information content (AvgIpc) is 2.84. The third-order valence-corrected chi connectivity index (χ3v) is 3.21. The number of nitrogens with zero attached hydrogens (tertiary/aromatic N) is 3. The number of hydrogen-bond donors (Lipinski definition) is 0. The summed E-state index contributed by atoms with van der Waals surface area (Å²) < 4.78 is 5.65. The molecule has 0 amide bonds. The highest BCUT2D eigenvalue weighted by Gasteiger charge is 2.07. The van der Waals surface area contributed by atoms with Gasteiger partial charge in [0, 0.05) is 9.61 Å². The molecule has 0 fully saturated rings. The summed E-state index contributed by atoms with van der Waals surface area (Å²) in [4.78, 5) is 14.0. The van der Waals surface area contributed by atoms with Crippen LogP contribution in [0.2, 0.25) is 0 Å². The number of esters is 1. The molecule has 18 heavy (non-hydrogen) atoms. The van der Waals surface area contributed by atoms with Crippen LogP contribution in [0.3, 0.4) is 0 Å². The molecule has 1 aromatic heterocycles. The van der Waals surface area contributed by atoms with Gasteiger partial charge in [-0.2, -0.15) is 0 Å². The number of rotatable bonds is 3. The zero-order valence-corrected chi connectivity index (χ0v) is 10.3. The molecular weight excluding hydrogens is 250 g/mol. The fourth-order valence-electron chi connectivity index (χ4n) is 1.50. The maximum Gasteiger partial charge on any atom is 0.340 e. The number of hydrogen-bond acceptors (Lipinski definition) is 4. The maximum absolute atomic E-state index is 11.4. The van der Waals surface area contributed by atoms with Crippen molar-refractivity contribution in [2.45, 2.75) is 0 Å². The molecule has 1 aromatic carbocycles. The monoisotopic (exact) mass is 259 g/mol. The summed E-state index contributed by atoms with van der Waals surface area (Å²) in [5.41, 5.74) is 9.14. The van der Waals surface area contributed by atoms with E-state index in [1.165, 1.54) is 13.2 Å². The molecule has 0 aliphatic carbocycles. The van der Waals surface area contributed by atoms with Crippen molar-refractivity contribution < 1.29 is 9.53 Å². The van der Waals surface area contributed by atoms with Gasteiger partial charge in [-0.15, -0.1) is 11.3 Å². The van der Waals surface area contributed by atoms with Gasteiger partial charge in [-0.1, -0.05) is 17.2 Å². The molecular formula is C12H9N3O2S. The van der Waals surface area contributed by atoms with Crippen LogP contribution >= 0.6 is 11.3 Å². The Morgan fingerprint density at radius 2 is 2.33 bits per heavy atom. The summed E-state index contributed by atoms with van der Waals surface area (Å²) >= 11 is 1.61. The van der Waals surface area contributed by atoms with Gasteiger partial charge in [0.1, 0.15) is 5.70 Å². The lowest BCUT2D eigenvalue weighted by Crippen LogP contribution is -2.01. The van der Waals surface area contributed by atoms with E-state index in [-0.39, 0.29) is 5.70 Å². The average molecular weight is 259 g/mol. The molecule has 0 bridgehead atoms. The first-order chi connectivity index (χ1) is 8.74. The molecule has 1 heterocycles. The largest absolute Gasteiger partial charge is 0.466 e. The van der Waals surface area contributed by atoms with Crippen molar-refractivity contribution in [1.82, 2.24) is 0 Å². The van der Waals surface area contributed by atoms with Crippen molar-refractivity contribution in [1.29, 1.82) is 0 Å². The number of thiophene rings is 1. The minimum absolute atomic E-state index is 0.0593. The van der Waals surface area contributed by atoms with Gasteiger partial charge in [0.2, 0.25) is 0 Å². The second-order valence-electron chi connectivity index (χ2n) is 3.43. The van der Waals surface area contributed by atoms with E-state index in [1.54, 1.807) is 11.3 Å². The van der Waals surface area contributed by atoms with Gasteiger partial charge in [-0.25, -0.2) is 4.79 Å². The molecule has 90 valence electrons. The van der Waals surface area contributed by atoms with E-state index in [0.717, 1.165) is 15.6 Å². The number of carbonyl (C=O) groups excluding carboxylic acids is 1. The lowest BCUT2D eigenvalue weighted by molar-refractivity contribution is -0.136. The van der Waals surface area contributed by atoms with Crippen LogP contribution in [0.1, 0.15) is 5.56 Å². The Bertz CT molecular complexity index is 669. The van der Waals surface area contributed by atoms with Crippen LogP contribution in [0.25, 0.3) is 26.6 Å². The number of fused-ring (bicyclic) bond motifs is 1. The van der Waals surface area contributed by atoms with E-state index in [2.05, 4.69) is 14.8 Å². The van der Waals surface area contributed by atoms with E-state index >= 15 is 0 Å². The predicted molar refractivity (Wildman–Crippen MR) is 71.0 cm³/mol. The summed E-state index contributed by atoms with van der Waals surface area (Å²) in [5, 5.41) is 6.46. The number of benzene rings is 1. The van der Waals surface area contributed by atoms with Crippen LogP contribution in [0.15, 0.2) is 40.5 Å². The van der Waals surface area contributed by atoms with E-state index < -0.39 is 5.97 Å². The standard InChI is InChI=1S/C12H9N3O2S/c1-17-12(16)10(14-15-13)6-8-2-3-9-4-5-18-11(9)7-8/h2-7H,1H3/b10-6-. The van der Waals surface area contributed by atoms with Crippen LogP contribution < -0.4 is 0 Å². The molecule has 0 radical (unpaired) electrons. The van der Waals surface area contributed by atoms with Crippen molar-refractivity contribution in [3.8, 4) is 0 Å².